The molecule has 6 fully saturated rings. The van der Waals surface area contributed by atoms with Crippen molar-refractivity contribution in [2.75, 3.05) is 21.1 Å². The van der Waals surface area contributed by atoms with Crippen LogP contribution in [0.4, 0.5) is 0 Å². The van der Waals surface area contributed by atoms with E-state index in [1.807, 2.05) is 11.9 Å². The van der Waals surface area contributed by atoms with Gasteiger partial charge in [-0.2, -0.15) is 0 Å². The number of fused-ring (bicyclic) bond motifs is 5. The molecule has 5 aliphatic heterocycles. The Labute approximate surface area is 354 Å². The number of nitrogens with two attached hydrogens (primary N) is 1. The van der Waals surface area contributed by atoms with Gasteiger partial charge in [-0.25, -0.2) is 11.1 Å². The first-order chi connectivity index (χ1) is 27.1. The van der Waals surface area contributed by atoms with Gasteiger partial charge in [-0.3, -0.25) is 43.4 Å². The van der Waals surface area contributed by atoms with Crippen molar-refractivity contribution in [3.05, 3.63) is 70.8 Å². The Kier molecular flexibility index (Phi) is 12.2. The lowest BCUT2D eigenvalue weighted by molar-refractivity contribution is -0.134. The number of carbonyl (C=O) groups excluding carboxylic acids is 7. The van der Waals surface area contributed by atoms with Crippen molar-refractivity contribution in [2.24, 2.45) is 23.5 Å². The maximum atomic E-state index is 12.8. The summed E-state index contributed by atoms with van der Waals surface area (Å²) in [5.41, 5.74) is 17.3. The van der Waals surface area contributed by atoms with E-state index in [0.29, 0.717) is 53.1 Å². The first-order valence-electron chi connectivity index (χ1n) is 19.3. The van der Waals surface area contributed by atoms with E-state index in [9.17, 15) is 33.6 Å². The second-order valence-corrected chi connectivity index (χ2v) is 19.8. The van der Waals surface area contributed by atoms with Gasteiger partial charge in [-0.15, -0.1) is 0 Å². The molecule has 5 heterocycles. The van der Waals surface area contributed by atoms with E-state index >= 15 is 0 Å². The van der Waals surface area contributed by atoms with E-state index in [4.69, 9.17) is 16.8 Å². The van der Waals surface area contributed by atoms with Crippen molar-refractivity contribution in [3.8, 4) is 0 Å². The summed E-state index contributed by atoms with van der Waals surface area (Å²) in [6.07, 6.45) is 7.02. The number of rotatable bonds is 2. The Morgan fingerprint density at radius 3 is 1.38 bits per heavy atom. The van der Waals surface area contributed by atoms with Crippen LogP contribution < -0.4 is 5.73 Å². The highest BCUT2D eigenvalue weighted by atomic mass is 79.9. The van der Waals surface area contributed by atoms with Crippen LogP contribution in [0.3, 0.4) is 0 Å². The lowest BCUT2D eigenvalue weighted by Gasteiger charge is -2.28. The third-order valence-corrected chi connectivity index (χ3v) is 15.1. The molecule has 3 aliphatic carbocycles. The number of nitrogens with zero attached hydrogens (tertiary/aromatic N) is 5. The molecule has 0 spiro atoms. The first-order valence-corrected chi connectivity index (χ1v) is 20.9. The van der Waals surface area contributed by atoms with E-state index in [2.05, 4.69) is 31.9 Å². The summed E-state index contributed by atoms with van der Waals surface area (Å²) in [5.74, 6) is 0.0511. The third-order valence-electron chi connectivity index (χ3n) is 13.0. The summed E-state index contributed by atoms with van der Waals surface area (Å²) >= 11 is 7.22. The minimum absolute atomic E-state index is 0. The van der Waals surface area contributed by atoms with Crippen molar-refractivity contribution >= 4 is 73.2 Å². The monoisotopic (exact) mass is 928 g/mol. The number of hydrogen-bond acceptors (Lipinski definition) is 10. The van der Waals surface area contributed by atoms with E-state index in [1.165, 1.54) is 11.3 Å². The van der Waals surface area contributed by atoms with Gasteiger partial charge >= 0.3 is 0 Å². The quantitative estimate of drug-likeness (QED) is 0.228. The summed E-state index contributed by atoms with van der Waals surface area (Å²) in [4.78, 5) is 94.6. The van der Waals surface area contributed by atoms with Crippen LogP contribution in [-0.2, 0) is 14.4 Å². The third kappa shape index (κ3) is 7.30. The predicted octanol–water partition coefficient (Wildman–Crippen LogP) is 3.65. The zero-order valence-electron chi connectivity index (χ0n) is 32.4. The zero-order chi connectivity index (χ0) is 41.2. The molecule has 58 heavy (non-hydrogen) atoms. The molecule has 6 N–H and O–H groups in total. The summed E-state index contributed by atoms with van der Waals surface area (Å²) in [6, 6.07) is 12.8. The van der Waals surface area contributed by atoms with Crippen LogP contribution in [0.15, 0.2) is 48.5 Å². The van der Waals surface area contributed by atoms with Crippen LogP contribution in [-0.4, -0.2) is 132 Å². The molecule has 8 aliphatic rings. The van der Waals surface area contributed by atoms with Gasteiger partial charge in [0.25, 0.3) is 23.6 Å². The number of imide groups is 2. The maximum Gasteiger partial charge on any atom is 0.262 e. The van der Waals surface area contributed by atoms with Crippen molar-refractivity contribution in [1.29, 1.82) is 11.1 Å². The minimum Gasteiger partial charge on any atom is -0.412 e. The molecule has 7 amide bonds. The Balaban J connectivity index is 0.000000170. The van der Waals surface area contributed by atoms with Gasteiger partial charge in [-0.05, 0) is 87.5 Å². The van der Waals surface area contributed by atoms with Crippen LogP contribution >= 0.6 is 31.9 Å². The maximum absolute atomic E-state index is 12.8. The summed E-state index contributed by atoms with van der Waals surface area (Å²) in [5, 5.41) is 0. The molecule has 2 aromatic carbocycles. The van der Waals surface area contributed by atoms with Gasteiger partial charge in [0, 0.05) is 40.6 Å². The number of likely N-dealkylation sites (N-methyl/N-ethyl adjacent to an activating group) is 3. The number of halogens is 2. The fraction of sp³-hybridized carbons (Fsp3) is 0.525. The van der Waals surface area contributed by atoms with Crippen LogP contribution in [0, 0.1) is 28.8 Å². The van der Waals surface area contributed by atoms with Gasteiger partial charge in [0.1, 0.15) is 15.3 Å². The van der Waals surface area contributed by atoms with Crippen LogP contribution in [0.2, 0.25) is 0 Å². The topological polar surface area (TPSA) is 241 Å². The Morgan fingerprint density at radius 1 is 0.586 bits per heavy atom. The van der Waals surface area contributed by atoms with Gasteiger partial charge in [-0.1, -0.05) is 56.1 Å². The van der Waals surface area contributed by atoms with Gasteiger partial charge in [0.15, 0.2) is 0 Å². The second kappa shape index (κ2) is 16.3. The Morgan fingerprint density at radius 2 is 0.948 bits per heavy atom. The second-order valence-electron chi connectivity index (χ2n) is 16.1. The predicted molar refractivity (Wildman–Crippen MR) is 218 cm³/mol. The number of hydrogen-bond donors (Lipinski definition) is 3. The van der Waals surface area contributed by atoms with E-state index in [-0.39, 0.29) is 69.5 Å². The zero-order valence-corrected chi connectivity index (χ0v) is 35.6. The van der Waals surface area contributed by atoms with Crippen molar-refractivity contribution in [3.63, 3.8) is 0 Å². The number of carbonyl (C=O) groups is 7. The highest BCUT2D eigenvalue weighted by Gasteiger charge is 2.66. The lowest BCUT2D eigenvalue weighted by atomic mass is 10.1. The minimum atomic E-state index is -0.712. The summed E-state index contributed by atoms with van der Waals surface area (Å²) in [7, 11) is 5.39. The summed E-state index contributed by atoms with van der Waals surface area (Å²) in [6.45, 7) is 0. The largest absolute Gasteiger partial charge is 0.412 e. The van der Waals surface area contributed by atoms with Crippen LogP contribution in [0.5, 0.6) is 0 Å². The average molecular weight is 931 g/mol. The van der Waals surface area contributed by atoms with Crippen molar-refractivity contribution < 1.29 is 40.5 Å². The van der Waals surface area contributed by atoms with Crippen LogP contribution in [0.25, 0.3) is 0 Å². The molecular weight excluding hydrogens is 880 g/mol. The molecule has 0 radical (unpaired) electrons. The highest BCUT2D eigenvalue weighted by molar-refractivity contribution is 9.25. The number of nitrogens with one attached hydrogen (secondary N) is 2. The molecule has 0 bridgehead atoms. The molecule has 16 nitrogen and oxygen atoms in total. The fourth-order valence-electron chi connectivity index (χ4n) is 9.41. The average Bonchev–Trinajstić information content (AvgIpc) is 4.17. The Hall–Kier alpha value is -4.39. The summed E-state index contributed by atoms with van der Waals surface area (Å²) < 4.78 is -0.239. The molecule has 312 valence electrons. The Bertz CT molecular complexity index is 1990. The van der Waals surface area contributed by atoms with E-state index in [0.717, 1.165) is 42.9 Å². The smallest absolute Gasteiger partial charge is 0.262 e. The van der Waals surface area contributed by atoms with E-state index in [1.54, 1.807) is 72.4 Å². The lowest BCUT2D eigenvalue weighted by Crippen LogP contribution is -2.50. The molecule has 3 saturated heterocycles. The molecule has 18 heteroatoms. The molecular formula is C40H50Br2N8O8. The highest BCUT2D eigenvalue weighted by Crippen LogP contribution is 2.62. The number of alkyl halides is 2. The SMILES string of the molecule is CN1C(=O)[C@@H](N)CCC2CC21.CN1C(=O)[C@@H](N2C(=O)c3ccccc3C2=O)CCC2C1C2(Br)Br.CN1C(=O)[C@@H](N2C(=O)c3ccccc3C2=O)CCC2CC21.N=N.O.[HH]. The van der Waals surface area contributed by atoms with Crippen molar-refractivity contribution in [1.82, 2.24) is 24.5 Å². The normalized spacial score (nSPS) is 32.1. The van der Waals surface area contributed by atoms with Gasteiger partial charge in [0.05, 0.1) is 34.3 Å². The molecule has 6 unspecified atom stereocenters. The van der Waals surface area contributed by atoms with E-state index < -0.39 is 12.1 Å². The molecule has 2 aromatic rings. The standard InChI is InChI=1S/C16H14Br2N2O3.C16H16N2O3.C8H14N2O.H2N2.H2O.H2/c1-19-12-10(16(12,17)18)6-7-11(15(19)23)20-13(21)8-4-2-3-5-9(8)14(20)22;1-17-13-8-9(13)6-7-12(16(17)21)18-14(19)10-4-2-3-5-11(10)15(18)20;1-10-7-4-5(7)2-3-6(9)8(10)11;1-2;;/h2-5,10-12H,6-7H2,1H3;2-5,9,12-13H,6-8H2,1H3;5-7H,2-4,9H2,1H3;1-2H;1H2;1H/t10?,11-,12?;9?,12-,13?;5?,6-,7?;;;/m000.../s1. The molecule has 10 rings (SSSR count). The van der Waals surface area contributed by atoms with Gasteiger partial charge < -0.3 is 25.9 Å². The fourth-order valence-corrected chi connectivity index (χ4v) is 11.4. The molecule has 0 aromatic heterocycles. The van der Waals surface area contributed by atoms with Crippen LogP contribution in [0.1, 0.15) is 94.2 Å². The molecule has 9 atom stereocenters. The first kappa shape index (κ1) is 43.2. The molecule has 3 saturated carbocycles. The number of amides is 7. The van der Waals surface area contributed by atoms with Crippen molar-refractivity contribution in [2.45, 2.75) is 90.9 Å². The van der Waals surface area contributed by atoms with Gasteiger partial charge in [0.2, 0.25) is 17.7 Å². The number of likely N-dealkylation sites (tertiary alicyclic amines) is 3. The number of benzene rings is 2.